The second-order valence-electron chi connectivity index (χ2n) is 5.23. The molecule has 0 aromatic carbocycles. The van der Waals surface area contributed by atoms with Crippen LogP contribution in [0.2, 0.25) is 0 Å². The van der Waals surface area contributed by atoms with E-state index in [0.717, 1.165) is 45.4 Å². The van der Waals surface area contributed by atoms with E-state index < -0.39 is 0 Å². The van der Waals surface area contributed by atoms with E-state index in [2.05, 4.69) is 10.3 Å². The lowest BCUT2D eigenvalue weighted by atomic mass is 10.2. The van der Waals surface area contributed by atoms with Gasteiger partial charge in [-0.1, -0.05) is 6.07 Å². The Balaban J connectivity index is 0.00000242. The Labute approximate surface area is 148 Å². The van der Waals surface area contributed by atoms with Gasteiger partial charge in [-0.25, -0.2) is 0 Å². The maximum atomic E-state index is 11.5. The van der Waals surface area contributed by atoms with Crippen molar-refractivity contribution in [3.63, 3.8) is 0 Å². The maximum absolute atomic E-state index is 11.5. The van der Waals surface area contributed by atoms with E-state index >= 15 is 0 Å². The van der Waals surface area contributed by atoms with Crippen LogP contribution in [0.4, 0.5) is 0 Å². The van der Waals surface area contributed by atoms with Gasteiger partial charge in [0, 0.05) is 32.0 Å². The number of nitrogens with zero attached hydrogens (tertiary/aromatic N) is 2. The minimum Gasteiger partial charge on any atom is -0.376 e. The minimum atomic E-state index is 0. The summed E-state index contributed by atoms with van der Waals surface area (Å²) in [5.74, 6) is 0.474. The predicted octanol–water partition coefficient (Wildman–Crippen LogP) is 1.33. The molecule has 1 aliphatic rings. The first-order valence-electron chi connectivity index (χ1n) is 7.56. The third-order valence-corrected chi connectivity index (χ3v) is 3.52. The summed E-state index contributed by atoms with van der Waals surface area (Å²) >= 11 is 0. The average Bonchev–Trinajstić information content (AvgIpc) is 3.00. The molecule has 7 heteroatoms. The number of nitrogens with two attached hydrogens (primary N) is 1. The molecule has 2 rings (SSSR count). The van der Waals surface area contributed by atoms with Crippen molar-refractivity contribution >= 4 is 29.9 Å². The highest BCUT2D eigenvalue weighted by Crippen LogP contribution is 2.11. The second kappa shape index (κ2) is 10.6. The number of ether oxygens (including phenoxy) is 1. The van der Waals surface area contributed by atoms with Crippen molar-refractivity contribution in [2.75, 3.05) is 19.7 Å². The fourth-order valence-corrected chi connectivity index (χ4v) is 2.31. The summed E-state index contributed by atoms with van der Waals surface area (Å²) in [4.78, 5) is 15.8. The predicted molar refractivity (Wildman–Crippen MR) is 98.8 cm³/mol. The molecule has 1 saturated heterocycles. The molecule has 0 spiro atoms. The van der Waals surface area contributed by atoms with Crippen molar-refractivity contribution in [3.05, 3.63) is 34.7 Å². The van der Waals surface area contributed by atoms with Crippen LogP contribution in [-0.4, -0.2) is 36.3 Å². The molecule has 1 aromatic heterocycles. The normalized spacial score (nSPS) is 18.0. The molecular weight excluding hydrogens is 395 g/mol. The summed E-state index contributed by atoms with van der Waals surface area (Å²) in [7, 11) is 0. The van der Waals surface area contributed by atoms with Crippen LogP contribution in [-0.2, 0) is 11.3 Å². The molecule has 0 aliphatic carbocycles. The molecular formula is C15H25IN4O2. The van der Waals surface area contributed by atoms with Crippen LogP contribution in [0, 0.1) is 0 Å². The van der Waals surface area contributed by atoms with Gasteiger partial charge in [-0.15, -0.1) is 24.0 Å². The summed E-state index contributed by atoms with van der Waals surface area (Å²) in [5, 5.41) is 3.09. The number of hydrogen-bond donors (Lipinski definition) is 2. The van der Waals surface area contributed by atoms with Gasteiger partial charge in [-0.2, -0.15) is 0 Å². The number of unbranched alkanes of at least 4 members (excludes halogenated alkanes) is 1. The molecule has 3 N–H and O–H groups in total. The molecule has 124 valence electrons. The highest BCUT2D eigenvalue weighted by atomic mass is 127. The zero-order valence-electron chi connectivity index (χ0n) is 12.7. The second-order valence-corrected chi connectivity index (χ2v) is 5.23. The molecule has 1 fully saturated rings. The lowest BCUT2D eigenvalue weighted by molar-refractivity contribution is 0.118. The highest BCUT2D eigenvalue weighted by Gasteiger charge is 2.14. The van der Waals surface area contributed by atoms with Gasteiger partial charge in [0.1, 0.15) is 0 Å². The van der Waals surface area contributed by atoms with Crippen molar-refractivity contribution in [3.8, 4) is 0 Å². The molecule has 22 heavy (non-hydrogen) atoms. The smallest absolute Gasteiger partial charge is 0.250 e. The van der Waals surface area contributed by atoms with E-state index in [9.17, 15) is 4.79 Å². The Morgan fingerprint density at radius 1 is 1.45 bits per heavy atom. The van der Waals surface area contributed by atoms with Gasteiger partial charge in [-0.3, -0.25) is 9.79 Å². The van der Waals surface area contributed by atoms with Crippen molar-refractivity contribution in [2.45, 2.75) is 38.3 Å². The van der Waals surface area contributed by atoms with Crippen LogP contribution in [0.15, 0.2) is 34.2 Å². The monoisotopic (exact) mass is 420 g/mol. The van der Waals surface area contributed by atoms with Crippen molar-refractivity contribution < 1.29 is 4.74 Å². The Hall–Kier alpha value is -1.09. The third kappa shape index (κ3) is 6.78. The molecule has 0 bridgehead atoms. The molecule has 1 aromatic rings. The van der Waals surface area contributed by atoms with Crippen LogP contribution >= 0.6 is 24.0 Å². The van der Waals surface area contributed by atoms with E-state index in [1.54, 1.807) is 16.7 Å². The quantitative estimate of drug-likeness (QED) is 0.302. The average molecular weight is 420 g/mol. The largest absolute Gasteiger partial charge is 0.376 e. The summed E-state index contributed by atoms with van der Waals surface area (Å²) < 4.78 is 7.20. The molecule has 1 atom stereocenters. The summed E-state index contributed by atoms with van der Waals surface area (Å²) in [6.07, 6.45) is 6.10. The maximum Gasteiger partial charge on any atom is 0.250 e. The van der Waals surface area contributed by atoms with Crippen molar-refractivity contribution in [2.24, 2.45) is 10.7 Å². The topological polar surface area (TPSA) is 81.6 Å². The van der Waals surface area contributed by atoms with E-state index in [0.29, 0.717) is 12.5 Å². The Morgan fingerprint density at radius 3 is 3.05 bits per heavy atom. The van der Waals surface area contributed by atoms with E-state index in [-0.39, 0.29) is 35.6 Å². The van der Waals surface area contributed by atoms with Gasteiger partial charge >= 0.3 is 0 Å². The lowest BCUT2D eigenvalue weighted by Crippen LogP contribution is -2.33. The number of aliphatic imine (C=N–C) groups is 1. The van der Waals surface area contributed by atoms with E-state index in [1.165, 1.54) is 0 Å². The van der Waals surface area contributed by atoms with Gasteiger partial charge in [-0.05, 0) is 31.7 Å². The SMILES string of the molecule is I.NC(=NCC1CCCO1)NCCCCn1ccccc1=O. The van der Waals surface area contributed by atoms with Gasteiger partial charge in [0.25, 0.3) is 0 Å². The van der Waals surface area contributed by atoms with Crippen LogP contribution in [0.5, 0.6) is 0 Å². The molecule has 0 amide bonds. The number of pyridine rings is 1. The van der Waals surface area contributed by atoms with Gasteiger partial charge in [0.15, 0.2) is 5.96 Å². The van der Waals surface area contributed by atoms with Crippen LogP contribution in [0.25, 0.3) is 0 Å². The molecule has 0 saturated carbocycles. The van der Waals surface area contributed by atoms with Crippen molar-refractivity contribution in [1.29, 1.82) is 0 Å². The first-order chi connectivity index (χ1) is 10.3. The Kier molecular flexibility index (Phi) is 9.14. The summed E-state index contributed by atoms with van der Waals surface area (Å²) in [5.41, 5.74) is 5.84. The van der Waals surface area contributed by atoms with Crippen LogP contribution in [0.1, 0.15) is 25.7 Å². The van der Waals surface area contributed by atoms with Gasteiger partial charge < -0.3 is 20.4 Å². The summed E-state index contributed by atoms with van der Waals surface area (Å²) in [6.45, 7) is 2.97. The number of halogens is 1. The number of guanidine groups is 1. The first kappa shape index (κ1) is 19.0. The van der Waals surface area contributed by atoms with Crippen molar-refractivity contribution in [1.82, 2.24) is 9.88 Å². The van der Waals surface area contributed by atoms with Gasteiger partial charge in [0.2, 0.25) is 5.56 Å². The zero-order chi connectivity index (χ0) is 14.9. The summed E-state index contributed by atoms with van der Waals surface area (Å²) in [6, 6.07) is 5.20. The molecule has 1 unspecified atom stereocenters. The standard InChI is InChI=1S/C15H24N4O2.HI/c16-15(18-12-13-6-5-11-21-13)17-8-2-4-10-19-9-3-1-7-14(19)20;/h1,3,7,9,13H,2,4-6,8,10-12H2,(H3,16,17,18);1H. The van der Waals surface area contributed by atoms with Crippen LogP contribution < -0.4 is 16.6 Å². The number of nitrogens with one attached hydrogen (secondary N) is 1. The van der Waals surface area contributed by atoms with E-state index in [1.807, 2.05) is 12.3 Å². The lowest BCUT2D eigenvalue weighted by Gasteiger charge is -2.09. The van der Waals surface area contributed by atoms with Gasteiger partial charge in [0.05, 0.1) is 12.6 Å². The highest BCUT2D eigenvalue weighted by molar-refractivity contribution is 14.0. The fourth-order valence-electron chi connectivity index (χ4n) is 2.31. The Bertz CT molecular complexity index is 512. The minimum absolute atomic E-state index is 0. The molecule has 6 nitrogen and oxygen atoms in total. The number of rotatable bonds is 7. The first-order valence-corrected chi connectivity index (χ1v) is 7.56. The number of aryl methyl sites for hydroxylation is 1. The van der Waals surface area contributed by atoms with Crippen LogP contribution in [0.3, 0.4) is 0 Å². The molecule has 0 radical (unpaired) electrons. The fraction of sp³-hybridized carbons (Fsp3) is 0.600. The Morgan fingerprint density at radius 2 is 2.32 bits per heavy atom. The number of aromatic nitrogens is 1. The van der Waals surface area contributed by atoms with E-state index in [4.69, 9.17) is 10.5 Å². The number of hydrogen-bond acceptors (Lipinski definition) is 3. The zero-order valence-corrected chi connectivity index (χ0v) is 15.1. The molecule has 1 aliphatic heterocycles. The molecule has 2 heterocycles. The third-order valence-electron chi connectivity index (χ3n) is 3.52.